The van der Waals surface area contributed by atoms with E-state index < -0.39 is 0 Å². The average Bonchev–Trinajstić information content (AvgIpc) is 2.76. The molecule has 0 radical (unpaired) electrons. The number of hydrogen-bond acceptors (Lipinski definition) is 5. The Kier molecular flexibility index (Phi) is 7.07. The van der Waals surface area contributed by atoms with Crippen LogP contribution in [0.3, 0.4) is 0 Å². The first-order valence-electron chi connectivity index (χ1n) is 10.1. The zero-order chi connectivity index (χ0) is 22.7. The van der Waals surface area contributed by atoms with E-state index in [1.54, 1.807) is 12.1 Å². The third-order valence-electron chi connectivity index (χ3n) is 5.18. The third-order valence-corrected chi connectivity index (χ3v) is 6.71. The summed E-state index contributed by atoms with van der Waals surface area (Å²) in [6.07, 6.45) is 0.649. The van der Waals surface area contributed by atoms with Gasteiger partial charge in [0.05, 0.1) is 22.7 Å². The van der Waals surface area contributed by atoms with E-state index in [1.807, 2.05) is 25.1 Å². The Morgan fingerprint density at radius 1 is 1.28 bits per heavy atom. The number of rotatable bonds is 6. The molecule has 0 saturated heterocycles. The Morgan fingerprint density at radius 2 is 2.06 bits per heavy atom. The molecular weight excluding hydrogens is 495 g/mol. The van der Waals surface area contributed by atoms with Crippen molar-refractivity contribution in [2.75, 3.05) is 17.6 Å². The molecule has 1 aliphatic rings. The lowest BCUT2D eigenvalue weighted by Gasteiger charge is -2.27. The largest absolute Gasteiger partial charge is 0.324 e. The fraction of sp³-hybridized carbons (Fsp3) is 0.261. The summed E-state index contributed by atoms with van der Waals surface area (Å²) >= 11 is 4.65. The number of hydrogen-bond donors (Lipinski definition) is 2. The standard InChI is InChI=1S/C23H22BrFN4O2S/c1-14-2-7-20(18(24)10-14)26-21(30)13-32-23-27-19-8-9-29(12-17(19)22(31)28-23)11-15-3-5-16(25)6-4-15/h2-7,10H,8-9,11-13H2,1H3,(H,26,30)(H,27,28,31). The van der Waals surface area contributed by atoms with Crippen molar-refractivity contribution in [2.45, 2.75) is 31.6 Å². The first-order valence-corrected chi connectivity index (χ1v) is 11.9. The number of anilines is 1. The number of nitrogens with zero attached hydrogens (tertiary/aromatic N) is 2. The van der Waals surface area contributed by atoms with Crippen LogP contribution in [0.15, 0.2) is 56.9 Å². The van der Waals surface area contributed by atoms with Crippen molar-refractivity contribution in [3.8, 4) is 0 Å². The topological polar surface area (TPSA) is 78.1 Å². The summed E-state index contributed by atoms with van der Waals surface area (Å²) < 4.78 is 13.9. The van der Waals surface area contributed by atoms with Crippen molar-refractivity contribution in [1.29, 1.82) is 0 Å². The molecule has 0 saturated carbocycles. The summed E-state index contributed by atoms with van der Waals surface area (Å²) in [5.74, 6) is -0.298. The van der Waals surface area contributed by atoms with E-state index in [1.165, 1.54) is 23.9 Å². The van der Waals surface area contributed by atoms with Gasteiger partial charge in [-0.1, -0.05) is 30.0 Å². The summed E-state index contributed by atoms with van der Waals surface area (Å²) in [4.78, 5) is 34.5. The average molecular weight is 517 g/mol. The van der Waals surface area contributed by atoms with Crippen LogP contribution in [0.25, 0.3) is 0 Å². The number of nitrogens with one attached hydrogen (secondary N) is 2. The highest BCUT2D eigenvalue weighted by molar-refractivity contribution is 9.10. The van der Waals surface area contributed by atoms with Crippen LogP contribution in [0, 0.1) is 12.7 Å². The van der Waals surface area contributed by atoms with Gasteiger partial charge in [-0.3, -0.25) is 14.5 Å². The molecule has 2 N–H and O–H groups in total. The van der Waals surface area contributed by atoms with Gasteiger partial charge in [0.1, 0.15) is 5.82 Å². The predicted octanol–water partition coefficient (Wildman–Crippen LogP) is 4.27. The van der Waals surface area contributed by atoms with E-state index in [9.17, 15) is 14.0 Å². The lowest BCUT2D eigenvalue weighted by molar-refractivity contribution is -0.113. The Morgan fingerprint density at radius 3 is 2.81 bits per heavy atom. The number of carbonyl (C=O) groups is 1. The molecule has 2 aromatic carbocycles. The Hall–Kier alpha value is -2.49. The molecule has 0 unspecified atom stereocenters. The van der Waals surface area contributed by atoms with E-state index in [0.717, 1.165) is 27.8 Å². The maximum atomic E-state index is 13.1. The highest BCUT2D eigenvalue weighted by atomic mass is 79.9. The minimum atomic E-state index is -0.261. The zero-order valence-electron chi connectivity index (χ0n) is 17.5. The number of H-pyrrole nitrogens is 1. The molecule has 0 spiro atoms. The summed E-state index contributed by atoms with van der Waals surface area (Å²) in [7, 11) is 0. The van der Waals surface area contributed by atoms with Gasteiger partial charge < -0.3 is 10.3 Å². The SMILES string of the molecule is Cc1ccc(NC(=O)CSc2nc3c(c(=O)[nH]2)CN(Cc2ccc(F)cc2)CC3)c(Br)c1. The first-order chi connectivity index (χ1) is 15.4. The minimum Gasteiger partial charge on any atom is -0.324 e. The molecule has 0 bridgehead atoms. The Bertz CT molecular complexity index is 1200. The highest BCUT2D eigenvalue weighted by Gasteiger charge is 2.21. The van der Waals surface area contributed by atoms with Crippen molar-refractivity contribution in [2.24, 2.45) is 0 Å². The van der Waals surface area contributed by atoms with Crippen molar-refractivity contribution in [3.63, 3.8) is 0 Å². The third kappa shape index (κ3) is 5.65. The number of aromatic nitrogens is 2. The summed E-state index contributed by atoms with van der Waals surface area (Å²) in [6, 6.07) is 12.1. The lowest BCUT2D eigenvalue weighted by atomic mass is 10.1. The lowest BCUT2D eigenvalue weighted by Crippen LogP contribution is -2.35. The van der Waals surface area contributed by atoms with Gasteiger partial charge in [-0.2, -0.15) is 0 Å². The van der Waals surface area contributed by atoms with E-state index in [0.29, 0.717) is 35.9 Å². The monoisotopic (exact) mass is 516 g/mol. The van der Waals surface area contributed by atoms with Crippen LogP contribution in [-0.4, -0.2) is 33.1 Å². The number of aromatic amines is 1. The van der Waals surface area contributed by atoms with Crippen LogP contribution in [0.1, 0.15) is 22.4 Å². The molecule has 2 heterocycles. The Labute approximate surface area is 197 Å². The van der Waals surface area contributed by atoms with Crippen LogP contribution in [0.5, 0.6) is 0 Å². The number of aryl methyl sites for hydroxylation is 1. The molecule has 4 rings (SSSR count). The van der Waals surface area contributed by atoms with Gasteiger partial charge in [0.15, 0.2) is 5.16 Å². The number of thioether (sulfide) groups is 1. The van der Waals surface area contributed by atoms with Crippen molar-refractivity contribution < 1.29 is 9.18 Å². The number of halogens is 2. The highest BCUT2D eigenvalue weighted by Crippen LogP contribution is 2.24. The molecule has 0 aliphatic carbocycles. The fourth-order valence-corrected chi connectivity index (χ4v) is 4.82. The van der Waals surface area contributed by atoms with Gasteiger partial charge in [0.2, 0.25) is 5.91 Å². The molecule has 1 amide bonds. The number of benzene rings is 2. The first kappa shape index (κ1) is 22.7. The maximum Gasteiger partial charge on any atom is 0.256 e. The summed E-state index contributed by atoms with van der Waals surface area (Å²) in [5.41, 5.74) is 4.04. The molecule has 32 heavy (non-hydrogen) atoms. The zero-order valence-corrected chi connectivity index (χ0v) is 19.9. The molecule has 0 atom stereocenters. The van der Waals surface area contributed by atoms with Crippen molar-refractivity contribution in [3.05, 3.63) is 85.5 Å². The summed E-state index contributed by atoms with van der Waals surface area (Å²) in [6.45, 7) is 3.87. The van der Waals surface area contributed by atoms with Crippen LogP contribution in [-0.2, 0) is 24.3 Å². The van der Waals surface area contributed by atoms with E-state index >= 15 is 0 Å². The molecule has 6 nitrogen and oxygen atoms in total. The molecule has 1 aliphatic heterocycles. The van der Waals surface area contributed by atoms with Crippen LogP contribution in [0.4, 0.5) is 10.1 Å². The predicted molar refractivity (Wildman–Crippen MR) is 127 cm³/mol. The second kappa shape index (κ2) is 9.97. The fourth-order valence-electron chi connectivity index (χ4n) is 3.55. The molecule has 3 aromatic rings. The van der Waals surface area contributed by atoms with Crippen LogP contribution in [0.2, 0.25) is 0 Å². The van der Waals surface area contributed by atoms with Crippen LogP contribution < -0.4 is 10.9 Å². The Balaban J connectivity index is 1.37. The van der Waals surface area contributed by atoms with Crippen molar-refractivity contribution >= 4 is 39.3 Å². The van der Waals surface area contributed by atoms with Gasteiger partial charge >= 0.3 is 0 Å². The van der Waals surface area contributed by atoms with E-state index in [2.05, 4.69) is 36.1 Å². The van der Waals surface area contributed by atoms with Crippen LogP contribution >= 0.6 is 27.7 Å². The van der Waals surface area contributed by atoms with Gasteiger partial charge in [-0.15, -0.1) is 0 Å². The molecule has 0 fully saturated rings. The number of carbonyl (C=O) groups excluding carboxylic acids is 1. The van der Waals surface area contributed by atoms with E-state index in [-0.39, 0.29) is 23.0 Å². The number of amides is 1. The minimum absolute atomic E-state index is 0.138. The molecule has 9 heteroatoms. The molecule has 1 aromatic heterocycles. The summed E-state index contributed by atoms with van der Waals surface area (Å²) in [5, 5.41) is 3.30. The van der Waals surface area contributed by atoms with Gasteiger partial charge in [0, 0.05) is 30.5 Å². The molecule has 166 valence electrons. The second-order valence-corrected chi connectivity index (χ2v) is 9.52. The smallest absolute Gasteiger partial charge is 0.256 e. The maximum absolute atomic E-state index is 13.1. The van der Waals surface area contributed by atoms with Gasteiger partial charge in [0.25, 0.3) is 5.56 Å². The van der Waals surface area contributed by atoms with Gasteiger partial charge in [-0.25, -0.2) is 9.37 Å². The van der Waals surface area contributed by atoms with E-state index in [4.69, 9.17) is 0 Å². The molecular formula is C23H22BrFN4O2S. The van der Waals surface area contributed by atoms with Gasteiger partial charge in [-0.05, 0) is 58.2 Å². The van der Waals surface area contributed by atoms with Crippen molar-refractivity contribution in [1.82, 2.24) is 14.9 Å². The normalized spacial score (nSPS) is 13.6. The second-order valence-electron chi connectivity index (χ2n) is 7.70. The number of fused-ring (bicyclic) bond motifs is 1. The quantitative estimate of drug-likeness (QED) is 0.377.